The zero-order chi connectivity index (χ0) is 10.6. The third-order valence-corrected chi connectivity index (χ3v) is 4.87. The molecule has 0 bridgehead atoms. The molecule has 0 amide bonds. The van der Waals surface area contributed by atoms with Crippen LogP contribution in [-0.2, 0) is 20.7 Å². The highest BCUT2D eigenvalue weighted by atomic mass is 32.2. The van der Waals surface area contributed by atoms with Crippen LogP contribution in [0.25, 0.3) is 0 Å². The van der Waals surface area contributed by atoms with E-state index in [-0.39, 0.29) is 16.6 Å². The van der Waals surface area contributed by atoms with E-state index in [1.165, 1.54) is 0 Å². The van der Waals surface area contributed by atoms with Crippen LogP contribution in [0.2, 0.25) is 0 Å². The minimum Gasteiger partial charge on any atom is -0.224 e. The lowest BCUT2D eigenvalue weighted by atomic mass is 10.4. The summed E-state index contributed by atoms with van der Waals surface area (Å²) in [5.41, 5.74) is 0. The van der Waals surface area contributed by atoms with Crippen LogP contribution >= 0.6 is 0 Å². The van der Waals surface area contributed by atoms with Crippen LogP contribution in [-0.4, -0.2) is 32.4 Å². The molecule has 0 N–H and O–H groups in total. The van der Waals surface area contributed by atoms with Crippen molar-refractivity contribution in [2.75, 3.05) is 24.0 Å². The molecule has 0 saturated heterocycles. The molecule has 0 aliphatic rings. The largest absolute Gasteiger partial charge is 0.224 e. The first-order valence-corrected chi connectivity index (χ1v) is 8.20. The van der Waals surface area contributed by atoms with E-state index in [9.17, 15) is 8.42 Å². The summed E-state index contributed by atoms with van der Waals surface area (Å²) in [5.74, 6) is 1.00. The van der Waals surface area contributed by atoms with E-state index in [2.05, 4.69) is 12.5 Å². The fourth-order valence-electron chi connectivity index (χ4n) is 1.02. The Kier molecular flexibility index (Phi) is 4.01. The molecule has 0 aliphatic carbocycles. The molecule has 0 atom stereocenters. The van der Waals surface area contributed by atoms with Crippen LogP contribution in [0.1, 0.15) is 0 Å². The highest BCUT2D eigenvalue weighted by Crippen LogP contribution is 2.10. The Labute approximate surface area is 88.6 Å². The van der Waals surface area contributed by atoms with Gasteiger partial charge in [-0.2, -0.15) is 0 Å². The van der Waals surface area contributed by atoms with Crippen molar-refractivity contribution in [3.63, 3.8) is 0 Å². The van der Waals surface area contributed by atoms with Crippen molar-refractivity contribution in [3.05, 3.63) is 30.3 Å². The molecule has 0 heterocycles. The fourth-order valence-corrected chi connectivity index (χ4v) is 4.04. The standard InChI is InChI=1S/C10H15O2S2/c1-13(2)8-9-14(11,12)10-6-4-3-5-7-10/h3-7H,8-9H2,1-2H3/q+1. The summed E-state index contributed by atoms with van der Waals surface area (Å²) in [4.78, 5) is 0.436. The Hall–Kier alpha value is -0.480. The van der Waals surface area contributed by atoms with Gasteiger partial charge in [-0.1, -0.05) is 18.2 Å². The third-order valence-electron chi connectivity index (χ3n) is 1.86. The molecule has 0 aliphatic heterocycles. The maximum Gasteiger partial charge on any atom is 0.182 e. The molecule has 0 saturated carbocycles. The van der Waals surface area contributed by atoms with E-state index >= 15 is 0 Å². The Morgan fingerprint density at radius 2 is 1.71 bits per heavy atom. The molecule has 0 radical (unpaired) electrons. The highest BCUT2D eigenvalue weighted by Gasteiger charge is 2.17. The van der Waals surface area contributed by atoms with Gasteiger partial charge in [0.25, 0.3) is 0 Å². The molecule has 14 heavy (non-hydrogen) atoms. The van der Waals surface area contributed by atoms with Crippen molar-refractivity contribution in [1.29, 1.82) is 0 Å². The van der Waals surface area contributed by atoms with E-state index in [1.807, 2.05) is 6.07 Å². The zero-order valence-electron chi connectivity index (χ0n) is 8.43. The summed E-state index contributed by atoms with van der Waals surface area (Å²) in [6.45, 7) is 0. The summed E-state index contributed by atoms with van der Waals surface area (Å²) in [6.07, 6.45) is 4.11. The van der Waals surface area contributed by atoms with Crippen molar-refractivity contribution < 1.29 is 8.42 Å². The van der Waals surface area contributed by atoms with Crippen molar-refractivity contribution >= 4 is 20.7 Å². The number of benzene rings is 1. The van der Waals surface area contributed by atoms with Crippen LogP contribution in [0, 0.1) is 0 Å². The fraction of sp³-hybridized carbons (Fsp3) is 0.400. The second-order valence-corrected chi connectivity index (χ2v) is 7.81. The number of hydrogen-bond acceptors (Lipinski definition) is 2. The predicted octanol–water partition coefficient (Wildman–Crippen LogP) is 1.34. The smallest absolute Gasteiger partial charge is 0.182 e. The summed E-state index contributed by atoms with van der Waals surface area (Å²) >= 11 is 0. The van der Waals surface area contributed by atoms with Crippen molar-refractivity contribution in [3.8, 4) is 0 Å². The van der Waals surface area contributed by atoms with Gasteiger partial charge in [0.2, 0.25) is 0 Å². The number of rotatable bonds is 4. The second-order valence-electron chi connectivity index (χ2n) is 3.32. The Bertz CT molecular complexity index is 368. The van der Waals surface area contributed by atoms with Crippen LogP contribution < -0.4 is 0 Å². The Morgan fingerprint density at radius 3 is 2.21 bits per heavy atom. The Morgan fingerprint density at radius 1 is 1.14 bits per heavy atom. The van der Waals surface area contributed by atoms with Crippen molar-refractivity contribution in [2.24, 2.45) is 0 Å². The second kappa shape index (κ2) is 4.84. The van der Waals surface area contributed by atoms with E-state index in [0.29, 0.717) is 4.90 Å². The monoisotopic (exact) mass is 231 g/mol. The molecule has 1 rings (SSSR count). The molecule has 4 heteroatoms. The lowest BCUT2D eigenvalue weighted by Crippen LogP contribution is -2.15. The van der Waals surface area contributed by atoms with Gasteiger partial charge in [0.1, 0.15) is 5.75 Å². The van der Waals surface area contributed by atoms with Crippen LogP contribution in [0.15, 0.2) is 35.2 Å². The maximum absolute atomic E-state index is 11.7. The molecular formula is C10H15O2S2+. The molecule has 78 valence electrons. The first kappa shape index (κ1) is 11.6. The zero-order valence-corrected chi connectivity index (χ0v) is 10.1. The Balaban J connectivity index is 2.77. The lowest BCUT2D eigenvalue weighted by Gasteiger charge is -2.02. The molecule has 1 aromatic carbocycles. The lowest BCUT2D eigenvalue weighted by molar-refractivity contribution is 0.597. The van der Waals surface area contributed by atoms with Gasteiger partial charge in [-0.25, -0.2) is 8.42 Å². The van der Waals surface area contributed by atoms with Crippen LogP contribution in [0.5, 0.6) is 0 Å². The molecule has 0 aromatic heterocycles. The van der Waals surface area contributed by atoms with Gasteiger partial charge in [-0.05, 0) is 23.0 Å². The molecular weight excluding hydrogens is 216 g/mol. The summed E-state index contributed by atoms with van der Waals surface area (Å²) in [7, 11) is -2.86. The van der Waals surface area contributed by atoms with Gasteiger partial charge in [0, 0.05) is 0 Å². The first-order valence-electron chi connectivity index (χ1n) is 4.34. The molecule has 0 fully saturated rings. The van der Waals surface area contributed by atoms with Gasteiger partial charge in [0.15, 0.2) is 9.84 Å². The minimum absolute atomic E-state index is 0.185. The number of hydrogen-bond donors (Lipinski definition) is 0. The van der Waals surface area contributed by atoms with E-state index < -0.39 is 9.84 Å². The summed E-state index contributed by atoms with van der Waals surface area (Å²) < 4.78 is 23.5. The highest BCUT2D eigenvalue weighted by molar-refractivity contribution is 7.97. The predicted molar refractivity (Wildman–Crippen MR) is 62.6 cm³/mol. The summed E-state index contributed by atoms with van der Waals surface area (Å²) in [6, 6.07) is 8.63. The average Bonchev–Trinajstić information content (AvgIpc) is 2.16. The van der Waals surface area contributed by atoms with E-state index in [1.54, 1.807) is 24.3 Å². The maximum atomic E-state index is 11.7. The molecule has 1 aromatic rings. The van der Waals surface area contributed by atoms with Gasteiger partial charge in [-0.15, -0.1) is 0 Å². The molecule has 0 spiro atoms. The van der Waals surface area contributed by atoms with Gasteiger partial charge >= 0.3 is 0 Å². The number of sulfone groups is 1. The quantitative estimate of drug-likeness (QED) is 0.733. The summed E-state index contributed by atoms with van der Waals surface area (Å²) in [5, 5.41) is 0. The minimum atomic E-state index is -3.05. The van der Waals surface area contributed by atoms with Crippen LogP contribution in [0.3, 0.4) is 0 Å². The van der Waals surface area contributed by atoms with Crippen LogP contribution in [0.4, 0.5) is 0 Å². The van der Waals surface area contributed by atoms with Gasteiger partial charge in [0.05, 0.1) is 23.2 Å². The van der Waals surface area contributed by atoms with Crippen molar-refractivity contribution in [2.45, 2.75) is 4.90 Å². The molecule has 0 unspecified atom stereocenters. The average molecular weight is 231 g/mol. The van der Waals surface area contributed by atoms with E-state index in [4.69, 9.17) is 0 Å². The normalized spacial score (nSPS) is 11.9. The topological polar surface area (TPSA) is 34.1 Å². The van der Waals surface area contributed by atoms with Gasteiger partial charge in [-0.3, -0.25) is 0 Å². The molecule has 2 nitrogen and oxygen atoms in total. The SMILES string of the molecule is C[S+](C)CCS(=O)(=O)c1ccccc1. The van der Waals surface area contributed by atoms with Crippen molar-refractivity contribution in [1.82, 2.24) is 0 Å². The third kappa shape index (κ3) is 3.35. The van der Waals surface area contributed by atoms with E-state index in [0.717, 1.165) is 5.75 Å². The van der Waals surface area contributed by atoms with Gasteiger partial charge < -0.3 is 0 Å². The first-order chi connectivity index (χ1) is 6.52.